The third kappa shape index (κ3) is 4.85. The summed E-state index contributed by atoms with van der Waals surface area (Å²) in [6.45, 7) is 12.9. The van der Waals surface area contributed by atoms with Crippen LogP contribution in [0, 0.1) is 5.92 Å². The molecule has 3 saturated heterocycles. The summed E-state index contributed by atoms with van der Waals surface area (Å²) in [6, 6.07) is 0. The van der Waals surface area contributed by atoms with Crippen LogP contribution in [0.1, 0.15) is 52.9 Å². The number of nitrogens with zero attached hydrogens (tertiary/aromatic N) is 1. The summed E-state index contributed by atoms with van der Waals surface area (Å²) in [5.74, 6) is 0.844. The monoisotopic (exact) mass is 345 g/mol. The molecule has 1 unspecified atom stereocenters. The predicted octanol–water partition coefficient (Wildman–Crippen LogP) is 0.772. The summed E-state index contributed by atoms with van der Waals surface area (Å²) < 4.78 is 7.52. The van der Waals surface area contributed by atoms with Gasteiger partial charge >= 0.3 is 0 Å². The standard InChI is InChI=1S/C17H32NO.BrH/c1-4-5-6-10-18-11-7-16(8-12-18)17(14-18)19-13-9-15(2)3;/h9,16-17H,4-8,10-14H2,1-3H3;1H/q+1;/p-1. The van der Waals surface area contributed by atoms with Crippen LogP contribution in [0.15, 0.2) is 11.6 Å². The van der Waals surface area contributed by atoms with Crippen molar-refractivity contribution in [1.29, 1.82) is 0 Å². The van der Waals surface area contributed by atoms with Crippen LogP contribution in [0.2, 0.25) is 0 Å². The van der Waals surface area contributed by atoms with Crippen molar-refractivity contribution in [2.45, 2.75) is 59.0 Å². The van der Waals surface area contributed by atoms with E-state index in [-0.39, 0.29) is 17.0 Å². The summed E-state index contributed by atoms with van der Waals surface area (Å²) >= 11 is 0. The Morgan fingerprint density at radius 2 is 1.90 bits per heavy atom. The smallest absolute Gasteiger partial charge is 0.110 e. The first-order chi connectivity index (χ1) is 9.15. The Morgan fingerprint density at radius 3 is 2.50 bits per heavy atom. The van der Waals surface area contributed by atoms with E-state index < -0.39 is 0 Å². The Labute approximate surface area is 135 Å². The van der Waals surface area contributed by atoms with Gasteiger partial charge in [0.1, 0.15) is 12.6 Å². The van der Waals surface area contributed by atoms with E-state index in [4.69, 9.17) is 4.74 Å². The van der Waals surface area contributed by atoms with E-state index >= 15 is 0 Å². The number of hydrogen-bond acceptors (Lipinski definition) is 1. The lowest BCUT2D eigenvalue weighted by molar-refractivity contribution is -0.946. The van der Waals surface area contributed by atoms with Crippen LogP contribution in [0.25, 0.3) is 0 Å². The van der Waals surface area contributed by atoms with Crippen molar-refractivity contribution in [2.24, 2.45) is 5.92 Å². The molecule has 1 atom stereocenters. The average Bonchev–Trinajstić information content (AvgIpc) is 2.40. The van der Waals surface area contributed by atoms with Crippen LogP contribution >= 0.6 is 0 Å². The first kappa shape index (κ1) is 18.2. The van der Waals surface area contributed by atoms with Gasteiger partial charge in [-0.2, -0.15) is 0 Å². The van der Waals surface area contributed by atoms with Crippen molar-refractivity contribution in [3.05, 3.63) is 11.6 Å². The predicted molar refractivity (Wildman–Crippen MR) is 81.1 cm³/mol. The zero-order chi connectivity index (χ0) is 13.7. The van der Waals surface area contributed by atoms with Gasteiger partial charge in [-0.1, -0.05) is 25.0 Å². The van der Waals surface area contributed by atoms with Gasteiger partial charge in [0.25, 0.3) is 0 Å². The molecule has 0 aromatic carbocycles. The van der Waals surface area contributed by atoms with Crippen molar-refractivity contribution < 1.29 is 26.2 Å². The Balaban J connectivity index is 0.00000200. The van der Waals surface area contributed by atoms with Gasteiger partial charge in [-0.15, -0.1) is 0 Å². The van der Waals surface area contributed by atoms with Crippen molar-refractivity contribution in [2.75, 3.05) is 32.8 Å². The molecule has 0 amide bonds. The minimum absolute atomic E-state index is 0. The van der Waals surface area contributed by atoms with Gasteiger partial charge in [-0.3, -0.25) is 0 Å². The fraction of sp³-hybridized carbons (Fsp3) is 0.882. The maximum absolute atomic E-state index is 6.17. The van der Waals surface area contributed by atoms with Crippen LogP contribution in [0.4, 0.5) is 0 Å². The molecular weight excluding hydrogens is 314 g/mol. The lowest BCUT2D eigenvalue weighted by Crippen LogP contribution is -3.00. The molecule has 2 nitrogen and oxygen atoms in total. The summed E-state index contributed by atoms with van der Waals surface area (Å²) in [4.78, 5) is 0. The van der Waals surface area contributed by atoms with E-state index in [1.807, 2.05) is 0 Å². The highest BCUT2D eigenvalue weighted by Crippen LogP contribution is 2.35. The van der Waals surface area contributed by atoms with Crippen molar-refractivity contribution in [3.8, 4) is 0 Å². The van der Waals surface area contributed by atoms with Gasteiger partial charge in [0.05, 0.1) is 26.2 Å². The van der Waals surface area contributed by atoms with E-state index in [0.29, 0.717) is 6.10 Å². The summed E-state index contributed by atoms with van der Waals surface area (Å²) in [5.41, 5.74) is 1.37. The Bertz CT molecular complexity index is 304. The van der Waals surface area contributed by atoms with Gasteiger partial charge in [-0.05, 0) is 26.7 Å². The number of rotatable bonds is 7. The average molecular weight is 346 g/mol. The number of halogens is 1. The fourth-order valence-electron chi connectivity index (χ4n) is 3.76. The topological polar surface area (TPSA) is 9.23 Å². The lowest BCUT2D eigenvalue weighted by Gasteiger charge is -2.52. The maximum atomic E-state index is 6.17. The molecule has 0 saturated carbocycles. The van der Waals surface area contributed by atoms with Crippen LogP contribution < -0.4 is 17.0 Å². The van der Waals surface area contributed by atoms with E-state index in [0.717, 1.165) is 12.5 Å². The molecule has 0 N–H and O–H groups in total. The molecule has 20 heavy (non-hydrogen) atoms. The third-order valence-electron chi connectivity index (χ3n) is 5.08. The number of allylic oxidation sites excluding steroid dienone is 1. The zero-order valence-electron chi connectivity index (χ0n) is 13.5. The van der Waals surface area contributed by atoms with Crippen molar-refractivity contribution in [1.82, 2.24) is 0 Å². The summed E-state index contributed by atoms with van der Waals surface area (Å²) in [7, 11) is 0. The first-order valence-corrected chi connectivity index (χ1v) is 8.25. The van der Waals surface area contributed by atoms with Gasteiger partial charge < -0.3 is 26.2 Å². The van der Waals surface area contributed by atoms with E-state index in [2.05, 4.69) is 26.8 Å². The zero-order valence-corrected chi connectivity index (χ0v) is 15.1. The van der Waals surface area contributed by atoms with Crippen molar-refractivity contribution in [3.63, 3.8) is 0 Å². The molecule has 0 aromatic rings. The quantitative estimate of drug-likeness (QED) is 0.376. The third-order valence-corrected chi connectivity index (χ3v) is 5.08. The second-order valence-electron chi connectivity index (χ2n) is 6.89. The summed E-state index contributed by atoms with van der Waals surface area (Å²) in [5, 5.41) is 0. The highest BCUT2D eigenvalue weighted by molar-refractivity contribution is 4.93. The molecule has 118 valence electrons. The summed E-state index contributed by atoms with van der Waals surface area (Å²) in [6.07, 6.45) is 9.67. The normalized spacial score (nSPS) is 31.8. The number of hydrogen-bond donors (Lipinski definition) is 0. The minimum atomic E-state index is 0. The van der Waals surface area contributed by atoms with Crippen LogP contribution in [0.5, 0.6) is 0 Å². The molecule has 3 aliphatic rings. The molecule has 0 aromatic heterocycles. The van der Waals surface area contributed by atoms with E-state index in [1.165, 1.54) is 68.3 Å². The van der Waals surface area contributed by atoms with E-state index in [9.17, 15) is 0 Å². The number of piperidine rings is 3. The molecule has 3 fully saturated rings. The minimum Gasteiger partial charge on any atom is -1.00 e. The Morgan fingerprint density at radius 1 is 1.20 bits per heavy atom. The second-order valence-corrected chi connectivity index (χ2v) is 6.89. The van der Waals surface area contributed by atoms with Crippen molar-refractivity contribution >= 4 is 0 Å². The molecule has 3 aliphatic heterocycles. The van der Waals surface area contributed by atoms with Crippen LogP contribution in [-0.4, -0.2) is 43.4 Å². The largest absolute Gasteiger partial charge is 1.00 e. The molecule has 3 heterocycles. The number of unbranched alkanes of at least 4 members (excludes halogenated alkanes) is 2. The van der Waals surface area contributed by atoms with Gasteiger partial charge in [0, 0.05) is 18.8 Å². The van der Waals surface area contributed by atoms with Crippen LogP contribution in [-0.2, 0) is 4.74 Å². The van der Waals surface area contributed by atoms with Gasteiger partial charge in [0.2, 0.25) is 0 Å². The fourth-order valence-corrected chi connectivity index (χ4v) is 3.76. The van der Waals surface area contributed by atoms with Crippen LogP contribution in [0.3, 0.4) is 0 Å². The molecule has 2 bridgehead atoms. The number of fused-ring (bicyclic) bond motifs is 3. The number of quaternary nitrogens is 1. The number of ether oxygens (including phenoxy) is 1. The van der Waals surface area contributed by atoms with Gasteiger partial charge in [-0.25, -0.2) is 0 Å². The molecule has 3 heteroatoms. The second kappa shape index (κ2) is 8.55. The lowest BCUT2D eigenvalue weighted by atomic mass is 9.83. The highest BCUT2D eigenvalue weighted by Gasteiger charge is 2.45. The molecular formula is C17H32BrNO. The SMILES string of the molecule is CCCCC[N+]12CCC(CC1)C(OCC=C(C)C)C2.[Br-]. The molecule has 0 aliphatic carbocycles. The Hall–Kier alpha value is 0.140. The highest BCUT2D eigenvalue weighted by atomic mass is 79.9. The van der Waals surface area contributed by atoms with E-state index in [1.54, 1.807) is 0 Å². The Kier molecular flexibility index (Phi) is 7.78. The molecule has 3 rings (SSSR count). The molecule has 0 spiro atoms. The maximum Gasteiger partial charge on any atom is 0.110 e. The van der Waals surface area contributed by atoms with Gasteiger partial charge in [0.15, 0.2) is 0 Å². The molecule has 0 radical (unpaired) electrons. The first-order valence-electron chi connectivity index (χ1n) is 8.25.